The number of halogens is 3. The first-order valence-electron chi connectivity index (χ1n) is 23.3. The van der Waals surface area contributed by atoms with Crippen LogP contribution in [-0.4, -0.2) is 90.1 Å². The van der Waals surface area contributed by atoms with E-state index in [0.29, 0.717) is 59.2 Å². The Morgan fingerprint density at radius 2 is 1.74 bits per heavy atom. The third kappa shape index (κ3) is 8.02. The average Bonchev–Trinajstić information content (AvgIpc) is 3.54. The normalized spacial score (nSPS) is 25.5. The van der Waals surface area contributed by atoms with Crippen LogP contribution in [-0.2, 0) is 19.8 Å². The molecule has 5 heterocycles. The third-order valence-corrected chi connectivity index (χ3v) is 15.7. The van der Waals surface area contributed by atoms with Gasteiger partial charge in [0, 0.05) is 71.2 Å². The quantitative estimate of drug-likeness (QED) is 0.107. The van der Waals surface area contributed by atoms with E-state index in [0.717, 1.165) is 35.4 Å². The van der Waals surface area contributed by atoms with Gasteiger partial charge in [-0.25, -0.2) is 4.39 Å². The number of likely N-dealkylation sites (tertiary alicyclic amines) is 1. The molecule has 16 heteroatoms. The topological polar surface area (TPSA) is 166 Å². The molecule has 1 saturated carbocycles. The van der Waals surface area contributed by atoms with Crippen LogP contribution in [0, 0.1) is 34.4 Å². The molecule has 0 unspecified atom stereocenters. The zero-order valence-electron chi connectivity index (χ0n) is 38.6. The van der Waals surface area contributed by atoms with Gasteiger partial charge in [0.2, 0.25) is 17.7 Å². The molecule has 4 N–H and O–H groups in total. The van der Waals surface area contributed by atoms with Crippen molar-refractivity contribution in [3.8, 4) is 17.6 Å². The van der Waals surface area contributed by atoms with Crippen LogP contribution in [0.4, 0.5) is 15.8 Å². The molecule has 4 aromatic rings. The van der Waals surface area contributed by atoms with Gasteiger partial charge in [-0.05, 0) is 103 Å². The highest BCUT2D eigenvalue weighted by Gasteiger charge is 2.62. The van der Waals surface area contributed by atoms with E-state index in [1.165, 1.54) is 13.2 Å². The number of anilines is 2. The van der Waals surface area contributed by atoms with Gasteiger partial charge in [-0.1, -0.05) is 80.1 Å². The average molecular weight is 974 g/mol. The summed E-state index contributed by atoms with van der Waals surface area (Å²) in [6.45, 7) is 7.85. The van der Waals surface area contributed by atoms with Crippen molar-refractivity contribution in [2.75, 3.05) is 37.4 Å². The van der Waals surface area contributed by atoms with E-state index in [-0.39, 0.29) is 57.7 Å². The molecule has 4 fully saturated rings. The molecule has 0 aromatic heterocycles. The van der Waals surface area contributed by atoms with Gasteiger partial charge in [-0.15, -0.1) is 0 Å². The first-order chi connectivity index (χ1) is 32.9. The molecule has 1 aliphatic carbocycles. The monoisotopic (exact) mass is 972 g/mol. The Balaban J connectivity index is 0.835. The minimum atomic E-state index is -1.06. The van der Waals surface area contributed by atoms with E-state index in [9.17, 15) is 28.8 Å². The number of benzene rings is 4. The van der Waals surface area contributed by atoms with Crippen LogP contribution in [0.3, 0.4) is 0 Å². The number of nitrogens with one attached hydrogen (secondary N) is 4. The van der Waals surface area contributed by atoms with Crippen LogP contribution in [0.1, 0.15) is 113 Å². The number of fused-ring (bicyclic) bond motifs is 3. The molecule has 6 amide bonds. The maximum Gasteiger partial charge on any atom is 0.263 e. The second-order valence-corrected chi connectivity index (χ2v) is 21.3. The molecule has 356 valence electrons. The largest absolute Gasteiger partial charge is 0.495 e. The van der Waals surface area contributed by atoms with E-state index in [2.05, 4.69) is 53.9 Å². The first kappa shape index (κ1) is 46.5. The number of amides is 6. The Hall–Kier alpha value is -6.27. The van der Waals surface area contributed by atoms with Gasteiger partial charge in [0.1, 0.15) is 17.6 Å². The molecule has 10 rings (SSSR count). The molecule has 0 radical (unpaired) electrons. The predicted molar refractivity (Wildman–Crippen MR) is 258 cm³/mol. The summed E-state index contributed by atoms with van der Waals surface area (Å²) < 4.78 is 22.1. The van der Waals surface area contributed by atoms with Gasteiger partial charge >= 0.3 is 0 Å². The Morgan fingerprint density at radius 3 is 2.48 bits per heavy atom. The fourth-order valence-corrected chi connectivity index (χ4v) is 12.0. The molecule has 0 bridgehead atoms. The Kier molecular flexibility index (Phi) is 11.6. The van der Waals surface area contributed by atoms with E-state index in [1.807, 2.05) is 18.2 Å². The lowest BCUT2D eigenvalue weighted by atomic mass is 9.63. The van der Waals surface area contributed by atoms with E-state index in [1.54, 1.807) is 53.4 Å². The van der Waals surface area contributed by atoms with Gasteiger partial charge in [-0.2, -0.15) is 0 Å². The fourth-order valence-electron chi connectivity index (χ4n) is 11.6. The van der Waals surface area contributed by atoms with E-state index in [4.69, 9.17) is 27.9 Å². The number of ether oxygens (including phenoxy) is 1. The maximum absolute atomic E-state index is 16.3. The standard InChI is InChI=1S/C53H51Cl2FN6O7/c1-51(2,3)26-40-53(27-57-37-24-31(54)14-15-34(37)53)43(33-9-6-10-35(55)44(33)56)45(59-40)47(65)58-36-16-12-29(23-39(36)69-4)48(66)61-21-19-52(20-22-61)25-30(52)13-11-28-7-5-8-32-42(28)50(68)62(49(32)67)38-17-18-41(63)60-46(38)64/h5-10,12,14-16,23-24,30,38,40,43,45,57,59H,17-22,25-27H2,1-4H3,(H,58,65)(H,60,63,64)/t30-,38-,40-,43-,45+,53-/m0/s1. The van der Waals surface area contributed by atoms with Crippen LogP contribution in [0.25, 0.3) is 0 Å². The highest BCUT2D eigenvalue weighted by molar-refractivity contribution is 6.31. The van der Waals surface area contributed by atoms with Crippen molar-refractivity contribution in [3.63, 3.8) is 0 Å². The van der Waals surface area contributed by atoms with Crippen molar-refractivity contribution in [1.82, 2.24) is 20.4 Å². The SMILES string of the molecule is COc1cc(C(=O)N2CCC3(CC2)C[C@@H]3C#Cc2cccc3c2C(=O)N([C@H]2CCC(=O)NC2=O)C3=O)ccc1NC(=O)[C@@H]1N[C@@H](CC(C)(C)C)[C@@]2(CNc3cc(Cl)ccc32)[C@H]1c1cccc(Cl)c1F. The van der Waals surface area contributed by atoms with Gasteiger partial charge in [0.05, 0.1) is 35.0 Å². The number of piperidine rings is 2. The van der Waals surface area contributed by atoms with Gasteiger partial charge in [0.25, 0.3) is 17.7 Å². The van der Waals surface area contributed by atoms with Gasteiger partial charge in [-0.3, -0.25) is 39.0 Å². The zero-order chi connectivity index (χ0) is 48.7. The van der Waals surface area contributed by atoms with Crippen molar-refractivity contribution in [2.45, 2.75) is 88.8 Å². The van der Waals surface area contributed by atoms with Crippen LogP contribution in [0.5, 0.6) is 5.75 Å². The van der Waals surface area contributed by atoms with Crippen molar-refractivity contribution in [1.29, 1.82) is 0 Å². The highest BCUT2D eigenvalue weighted by Crippen LogP contribution is 2.60. The number of hydrogen-bond acceptors (Lipinski definition) is 9. The minimum absolute atomic E-state index is 0.0331. The number of methoxy groups -OCH3 is 1. The second kappa shape index (κ2) is 17.3. The molecular formula is C53H51Cl2FN6O7. The number of carbonyl (C=O) groups excluding carboxylic acids is 6. The van der Waals surface area contributed by atoms with Crippen LogP contribution in [0.15, 0.2) is 72.8 Å². The van der Waals surface area contributed by atoms with Crippen LogP contribution < -0.4 is 26.0 Å². The van der Waals surface area contributed by atoms with Crippen LogP contribution >= 0.6 is 23.2 Å². The number of nitrogens with zero attached hydrogens (tertiary/aromatic N) is 2. The molecule has 6 atom stereocenters. The van der Waals surface area contributed by atoms with E-state index >= 15 is 4.39 Å². The molecular weight excluding hydrogens is 923 g/mol. The molecule has 13 nitrogen and oxygen atoms in total. The lowest BCUT2D eigenvalue weighted by Gasteiger charge is -2.39. The number of hydrogen-bond donors (Lipinski definition) is 4. The number of rotatable bonds is 7. The molecule has 6 aliphatic rings. The summed E-state index contributed by atoms with van der Waals surface area (Å²) in [4.78, 5) is 82.8. The molecule has 3 saturated heterocycles. The summed E-state index contributed by atoms with van der Waals surface area (Å²) in [7, 11) is 1.47. The van der Waals surface area contributed by atoms with E-state index < -0.39 is 58.8 Å². The summed E-state index contributed by atoms with van der Waals surface area (Å²) in [6.07, 6.45) is 3.06. The first-order valence-corrected chi connectivity index (χ1v) is 24.1. The summed E-state index contributed by atoms with van der Waals surface area (Å²) in [6, 6.07) is 18.2. The highest BCUT2D eigenvalue weighted by atomic mass is 35.5. The van der Waals surface area contributed by atoms with Crippen molar-refractivity contribution < 1.29 is 37.9 Å². The molecule has 2 spiro atoms. The lowest BCUT2D eigenvalue weighted by molar-refractivity contribution is -0.136. The minimum Gasteiger partial charge on any atom is -0.495 e. The third-order valence-electron chi connectivity index (χ3n) is 15.2. The van der Waals surface area contributed by atoms with Crippen molar-refractivity contribution in [2.24, 2.45) is 16.7 Å². The second-order valence-electron chi connectivity index (χ2n) is 20.4. The fraction of sp³-hybridized carbons (Fsp3) is 0.396. The van der Waals surface area contributed by atoms with Gasteiger partial charge in [0.15, 0.2) is 0 Å². The Bertz CT molecular complexity index is 2950. The molecule has 69 heavy (non-hydrogen) atoms. The molecule has 4 aromatic carbocycles. The predicted octanol–water partition coefficient (Wildman–Crippen LogP) is 7.70. The summed E-state index contributed by atoms with van der Waals surface area (Å²) >= 11 is 12.9. The Labute approximate surface area is 409 Å². The molecule has 5 aliphatic heterocycles. The van der Waals surface area contributed by atoms with Crippen molar-refractivity contribution in [3.05, 3.63) is 122 Å². The van der Waals surface area contributed by atoms with Crippen LogP contribution in [0.2, 0.25) is 10.0 Å². The zero-order valence-corrected chi connectivity index (χ0v) is 40.1. The summed E-state index contributed by atoms with van der Waals surface area (Å²) in [5, 5.41) is 13.0. The summed E-state index contributed by atoms with van der Waals surface area (Å²) in [5.41, 5.74) is 2.59. The number of carbonyl (C=O) groups is 6. The van der Waals surface area contributed by atoms with Gasteiger partial charge < -0.3 is 25.6 Å². The Morgan fingerprint density at radius 1 is 0.971 bits per heavy atom. The lowest BCUT2D eigenvalue weighted by Crippen LogP contribution is -2.54. The smallest absolute Gasteiger partial charge is 0.263 e. The summed E-state index contributed by atoms with van der Waals surface area (Å²) in [5.74, 6) is 2.70. The van der Waals surface area contributed by atoms with Crippen molar-refractivity contribution >= 4 is 70.0 Å². The number of imide groups is 2. The maximum atomic E-state index is 16.3.